The predicted molar refractivity (Wildman–Crippen MR) is 110 cm³/mol. The van der Waals surface area contributed by atoms with Gasteiger partial charge in [0, 0.05) is 23.1 Å². The molecule has 27 heavy (non-hydrogen) atoms. The third kappa shape index (κ3) is 6.26. The van der Waals surface area contributed by atoms with E-state index in [4.69, 9.17) is 23.2 Å². The standard InChI is InChI=1S/C21H24Cl2N2O2/c1-3-12-24-21(27)15(2)25(14-17-6-4-5-7-19(17)23)20(26)13-16-8-10-18(22)11-9-16/h4-11,15H,3,12-14H2,1-2H3,(H,24,27). The van der Waals surface area contributed by atoms with Gasteiger partial charge in [0.05, 0.1) is 6.42 Å². The Morgan fingerprint density at radius 1 is 1.07 bits per heavy atom. The Balaban J connectivity index is 2.21. The first-order valence-electron chi connectivity index (χ1n) is 8.97. The molecule has 0 bridgehead atoms. The van der Waals surface area contributed by atoms with Gasteiger partial charge in [-0.3, -0.25) is 9.59 Å². The SMILES string of the molecule is CCCNC(=O)C(C)N(Cc1ccccc1Cl)C(=O)Cc1ccc(Cl)cc1. The van der Waals surface area contributed by atoms with E-state index in [9.17, 15) is 9.59 Å². The van der Waals surface area contributed by atoms with Crippen LogP contribution in [0.25, 0.3) is 0 Å². The minimum absolute atomic E-state index is 0.142. The molecule has 0 saturated heterocycles. The van der Waals surface area contributed by atoms with E-state index in [1.165, 1.54) is 0 Å². The van der Waals surface area contributed by atoms with Gasteiger partial charge in [0.2, 0.25) is 11.8 Å². The van der Waals surface area contributed by atoms with Crippen LogP contribution in [0.15, 0.2) is 48.5 Å². The zero-order valence-electron chi connectivity index (χ0n) is 15.5. The maximum atomic E-state index is 13.0. The molecule has 0 aliphatic carbocycles. The average molecular weight is 407 g/mol. The van der Waals surface area contributed by atoms with Crippen molar-refractivity contribution in [3.8, 4) is 0 Å². The van der Waals surface area contributed by atoms with Crippen molar-refractivity contribution >= 4 is 35.0 Å². The lowest BCUT2D eigenvalue weighted by atomic mass is 10.1. The highest BCUT2D eigenvalue weighted by Crippen LogP contribution is 2.20. The maximum Gasteiger partial charge on any atom is 0.242 e. The van der Waals surface area contributed by atoms with Crippen LogP contribution in [0.1, 0.15) is 31.4 Å². The summed E-state index contributed by atoms with van der Waals surface area (Å²) in [4.78, 5) is 27.0. The highest BCUT2D eigenvalue weighted by molar-refractivity contribution is 6.31. The fraction of sp³-hybridized carbons (Fsp3) is 0.333. The molecule has 0 heterocycles. The fourth-order valence-electron chi connectivity index (χ4n) is 2.67. The molecule has 4 nitrogen and oxygen atoms in total. The second-order valence-corrected chi connectivity index (χ2v) is 7.23. The average Bonchev–Trinajstić information content (AvgIpc) is 2.66. The van der Waals surface area contributed by atoms with Crippen molar-refractivity contribution in [2.24, 2.45) is 0 Å². The van der Waals surface area contributed by atoms with Crippen LogP contribution in [0.3, 0.4) is 0 Å². The second-order valence-electron chi connectivity index (χ2n) is 6.38. The van der Waals surface area contributed by atoms with Gasteiger partial charge < -0.3 is 10.2 Å². The summed E-state index contributed by atoms with van der Waals surface area (Å²) in [6.07, 6.45) is 1.02. The van der Waals surface area contributed by atoms with Gasteiger partial charge >= 0.3 is 0 Å². The molecule has 0 aromatic heterocycles. The van der Waals surface area contributed by atoms with Crippen molar-refractivity contribution in [1.82, 2.24) is 10.2 Å². The summed E-state index contributed by atoms with van der Waals surface area (Å²) >= 11 is 12.2. The Morgan fingerprint density at radius 2 is 1.74 bits per heavy atom. The van der Waals surface area contributed by atoms with Crippen molar-refractivity contribution < 1.29 is 9.59 Å². The normalized spacial score (nSPS) is 11.7. The van der Waals surface area contributed by atoms with Crippen LogP contribution in [-0.2, 0) is 22.6 Å². The van der Waals surface area contributed by atoms with Gasteiger partial charge in [0.25, 0.3) is 0 Å². The molecule has 6 heteroatoms. The number of halogens is 2. The van der Waals surface area contributed by atoms with Crippen LogP contribution in [0.4, 0.5) is 0 Å². The van der Waals surface area contributed by atoms with Crippen molar-refractivity contribution in [2.75, 3.05) is 6.54 Å². The molecule has 144 valence electrons. The van der Waals surface area contributed by atoms with E-state index < -0.39 is 6.04 Å². The summed E-state index contributed by atoms with van der Waals surface area (Å²) in [5, 5.41) is 4.05. The molecule has 1 N–H and O–H groups in total. The molecule has 2 aromatic rings. The molecule has 2 aromatic carbocycles. The number of hydrogen-bond donors (Lipinski definition) is 1. The number of nitrogens with zero attached hydrogens (tertiary/aromatic N) is 1. The number of rotatable bonds is 8. The number of amides is 2. The summed E-state index contributed by atoms with van der Waals surface area (Å²) in [5.74, 6) is -0.315. The third-order valence-corrected chi connectivity index (χ3v) is 4.90. The third-order valence-electron chi connectivity index (χ3n) is 4.28. The number of hydrogen-bond acceptors (Lipinski definition) is 2. The van der Waals surface area contributed by atoms with Crippen molar-refractivity contribution in [1.29, 1.82) is 0 Å². The Kier molecular flexibility index (Phi) is 8.14. The van der Waals surface area contributed by atoms with Crippen LogP contribution < -0.4 is 5.32 Å². The fourth-order valence-corrected chi connectivity index (χ4v) is 2.99. The summed E-state index contributed by atoms with van der Waals surface area (Å²) in [6, 6.07) is 13.9. The molecule has 0 aliphatic heterocycles. The smallest absolute Gasteiger partial charge is 0.242 e. The second kappa shape index (κ2) is 10.3. The number of carbonyl (C=O) groups excluding carboxylic acids is 2. The summed E-state index contributed by atoms with van der Waals surface area (Å²) < 4.78 is 0. The molecule has 1 atom stereocenters. The van der Waals surface area contributed by atoms with Crippen LogP contribution in [0.5, 0.6) is 0 Å². The highest BCUT2D eigenvalue weighted by Gasteiger charge is 2.26. The number of carbonyl (C=O) groups is 2. The van der Waals surface area contributed by atoms with Gasteiger partial charge in [-0.2, -0.15) is 0 Å². The van der Waals surface area contributed by atoms with E-state index in [2.05, 4.69) is 5.32 Å². The molecule has 0 aliphatic rings. The lowest BCUT2D eigenvalue weighted by Gasteiger charge is -2.29. The quantitative estimate of drug-likeness (QED) is 0.702. The predicted octanol–water partition coefficient (Wildman–Crippen LogP) is 4.48. The number of nitrogens with one attached hydrogen (secondary N) is 1. The van der Waals surface area contributed by atoms with Crippen LogP contribution in [0.2, 0.25) is 10.0 Å². The van der Waals surface area contributed by atoms with Gasteiger partial charge in [-0.05, 0) is 42.7 Å². The van der Waals surface area contributed by atoms with Crippen molar-refractivity contribution in [2.45, 2.75) is 39.3 Å². The van der Waals surface area contributed by atoms with Crippen LogP contribution >= 0.6 is 23.2 Å². The first kappa shape index (κ1) is 21.3. The van der Waals surface area contributed by atoms with E-state index >= 15 is 0 Å². The van der Waals surface area contributed by atoms with Crippen LogP contribution in [-0.4, -0.2) is 29.3 Å². The monoisotopic (exact) mass is 406 g/mol. The van der Waals surface area contributed by atoms with E-state index in [-0.39, 0.29) is 24.8 Å². The molecule has 2 rings (SSSR count). The van der Waals surface area contributed by atoms with Gasteiger partial charge in [0.1, 0.15) is 6.04 Å². The lowest BCUT2D eigenvalue weighted by molar-refractivity contribution is -0.140. The van der Waals surface area contributed by atoms with Gasteiger partial charge in [-0.25, -0.2) is 0 Å². The molecule has 1 unspecified atom stereocenters. The van der Waals surface area contributed by atoms with Crippen molar-refractivity contribution in [3.63, 3.8) is 0 Å². The molecule has 0 saturated carbocycles. The van der Waals surface area contributed by atoms with Gasteiger partial charge in [-0.15, -0.1) is 0 Å². The highest BCUT2D eigenvalue weighted by atomic mass is 35.5. The van der Waals surface area contributed by atoms with Crippen molar-refractivity contribution in [3.05, 3.63) is 69.7 Å². The molecule has 0 spiro atoms. The van der Waals surface area contributed by atoms with E-state index in [0.29, 0.717) is 16.6 Å². The molecular weight excluding hydrogens is 383 g/mol. The lowest BCUT2D eigenvalue weighted by Crippen LogP contribution is -2.48. The Bertz CT molecular complexity index is 778. The Morgan fingerprint density at radius 3 is 2.37 bits per heavy atom. The van der Waals surface area contributed by atoms with Crippen LogP contribution in [0, 0.1) is 0 Å². The topological polar surface area (TPSA) is 49.4 Å². The van der Waals surface area contributed by atoms with Gasteiger partial charge in [0.15, 0.2) is 0 Å². The minimum Gasteiger partial charge on any atom is -0.354 e. The summed E-state index contributed by atoms with van der Waals surface area (Å²) in [5.41, 5.74) is 1.65. The zero-order chi connectivity index (χ0) is 19.8. The van der Waals surface area contributed by atoms with E-state index in [0.717, 1.165) is 17.5 Å². The number of benzene rings is 2. The van der Waals surface area contributed by atoms with Gasteiger partial charge in [-0.1, -0.05) is 60.5 Å². The maximum absolute atomic E-state index is 13.0. The van der Waals surface area contributed by atoms with E-state index in [1.807, 2.05) is 37.3 Å². The van der Waals surface area contributed by atoms with E-state index in [1.54, 1.807) is 30.0 Å². The molecule has 0 radical (unpaired) electrons. The minimum atomic E-state index is -0.604. The largest absolute Gasteiger partial charge is 0.354 e. The molecular formula is C21H24Cl2N2O2. The summed E-state index contributed by atoms with van der Waals surface area (Å²) in [7, 11) is 0. The first-order chi connectivity index (χ1) is 12.9. The molecule has 0 fully saturated rings. The Labute approximate surface area is 170 Å². The summed E-state index contributed by atoms with van der Waals surface area (Å²) in [6.45, 7) is 4.57. The Hall–Kier alpha value is -2.04. The zero-order valence-corrected chi connectivity index (χ0v) is 17.1. The first-order valence-corrected chi connectivity index (χ1v) is 9.73. The molecule has 2 amide bonds.